The van der Waals surface area contributed by atoms with Gasteiger partial charge in [0.05, 0.1) is 6.61 Å². The second-order valence-electron chi connectivity index (χ2n) is 8.30. The Bertz CT molecular complexity index is 652. The van der Waals surface area contributed by atoms with Gasteiger partial charge in [-0.1, -0.05) is 43.7 Å². The van der Waals surface area contributed by atoms with Crippen molar-refractivity contribution in [3.63, 3.8) is 0 Å². The molecule has 6 heteroatoms. The van der Waals surface area contributed by atoms with Gasteiger partial charge in [-0.15, -0.1) is 0 Å². The summed E-state index contributed by atoms with van der Waals surface area (Å²) in [5.74, 6) is -0.345. The molecule has 0 bridgehead atoms. The van der Waals surface area contributed by atoms with Gasteiger partial charge in [0.1, 0.15) is 6.04 Å². The molecule has 1 fully saturated rings. The molecule has 1 aliphatic rings. The number of hydrogen-bond acceptors (Lipinski definition) is 4. The van der Waals surface area contributed by atoms with Crippen LogP contribution in [0.4, 0.5) is 0 Å². The molecule has 2 rings (SSSR count). The van der Waals surface area contributed by atoms with E-state index in [0.29, 0.717) is 25.5 Å². The first-order chi connectivity index (χ1) is 13.9. The van der Waals surface area contributed by atoms with Crippen LogP contribution in [0.15, 0.2) is 30.3 Å². The number of nitrogens with zero attached hydrogens (tertiary/aromatic N) is 1. The maximum absolute atomic E-state index is 12.0. The highest BCUT2D eigenvalue weighted by atomic mass is 16.5. The van der Waals surface area contributed by atoms with E-state index in [1.54, 1.807) is 14.0 Å². The van der Waals surface area contributed by atoms with Crippen molar-refractivity contribution in [3.05, 3.63) is 35.9 Å². The number of methoxy groups -OCH3 is 1. The van der Waals surface area contributed by atoms with Crippen LogP contribution in [0.1, 0.15) is 52.0 Å². The molecule has 5 atom stereocenters. The van der Waals surface area contributed by atoms with Crippen molar-refractivity contribution >= 4 is 11.9 Å². The van der Waals surface area contributed by atoms with Crippen molar-refractivity contribution in [2.45, 2.75) is 71.1 Å². The van der Waals surface area contributed by atoms with Crippen LogP contribution >= 0.6 is 0 Å². The first kappa shape index (κ1) is 23.4. The molecule has 0 spiro atoms. The molecule has 1 saturated heterocycles. The van der Waals surface area contributed by atoms with Crippen LogP contribution in [0.2, 0.25) is 0 Å². The number of benzene rings is 1. The van der Waals surface area contributed by atoms with E-state index in [4.69, 9.17) is 4.74 Å². The number of carbonyl (C=O) groups excluding carboxylic acids is 1. The van der Waals surface area contributed by atoms with Gasteiger partial charge in [-0.05, 0) is 43.6 Å². The number of aliphatic carboxylic acids is 1. The summed E-state index contributed by atoms with van der Waals surface area (Å²) in [6.07, 6.45) is 3.46. The minimum atomic E-state index is -0.772. The molecule has 6 nitrogen and oxygen atoms in total. The SMILES string of the molecule is CCCC(CC1C(COC)CC(C(=O)O)N1Cc1ccccc1)C(C)NC(C)=O. The number of ether oxygens (including phenoxy) is 1. The first-order valence-electron chi connectivity index (χ1n) is 10.7. The summed E-state index contributed by atoms with van der Waals surface area (Å²) in [5.41, 5.74) is 1.11. The van der Waals surface area contributed by atoms with Crippen molar-refractivity contribution < 1.29 is 19.4 Å². The lowest BCUT2D eigenvalue weighted by Gasteiger charge is -2.35. The number of amides is 1. The van der Waals surface area contributed by atoms with Crippen LogP contribution in [0.5, 0.6) is 0 Å². The van der Waals surface area contributed by atoms with E-state index in [-0.39, 0.29) is 23.9 Å². The third kappa shape index (κ3) is 6.54. The normalized spacial score (nSPS) is 24.2. The quantitative estimate of drug-likeness (QED) is 0.592. The monoisotopic (exact) mass is 404 g/mol. The fourth-order valence-corrected chi connectivity index (χ4v) is 4.76. The molecule has 1 aromatic rings. The molecule has 0 aromatic heterocycles. The van der Waals surface area contributed by atoms with Gasteiger partial charge < -0.3 is 15.2 Å². The number of carboxylic acids is 1. The van der Waals surface area contributed by atoms with Crippen LogP contribution < -0.4 is 5.32 Å². The number of hydrogen-bond donors (Lipinski definition) is 2. The highest BCUT2D eigenvalue weighted by Crippen LogP contribution is 2.37. The Morgan fingerprint density at radius 1 is 1.31 bits per heavy atom. The number of likely N-dealkylation sites (tertiary alicyclic amines) is 1. The molecule has 0 aliphatic carbocycles. The van der Waals surface area contributed by atoms with Gasteiger partial charge in [0.15, 0.2) is 0 Å². The summed E-state index contributed by atoms with van der Waals surface area (Å²) in [6.45, 7) is 6.91. The Hall–Kier alpha value is -1.92. The van der Waals surface area contributed by atoms with Gasteiger partial charge in [0, 0.05) is 32.7 Å². The smallest absolute Gasteiger partial charge is 0.320 e. The molecule has 162 valence electrons. The molecule has 1 aliphatic heterocycles. The highest BCUT2D eigenvalue weighted by molar-refractivity contribution is 5.74. The zero-order chi connectivity index (χ0) is 21.4. The molecule has 0 saturated carbocycles. The third-order valence-electron chi connectivity index (χ3n) is 6.11. The number of carboxylic acid groups (broad SMARTS) is 1. The summed E-state index contributed by atoms with van der Waals surface area (Å²) in [6, 6.07) is 9.68. The second-order valence-corrected chi connectivity index (χ2v) is 8.30. The molecule has 0 radical (unpaired) electrons. The van der Waals surface area contributed by atoms with E-state index in [9.17, 15) is 14.7 Å². The van der Waals surface area contributed by atoms with E-state index in [1.807, 2.05) is 30.3 Å². The summed E-state index contributed by atoms with van der Waals surface area (Å²) in [7, 11) is 1.68. The van der Waals surface area contributed by atoms with E-state index >= 15 is 0 Å². The van der Waals surface area contributed by atoms with Crippen LogP contribution in [-0.2, 0) is 20.9 Å². The molecule has 29 heavy (non-hydrogen) atoms. The largest absolute Gasteiger partial charge is 0.480 e. The van der Waals surface area contributed by atoms with Gasteiger partial charge in [-0.25, -0.2) is 0 Å². The van der Waals surface area contributed by atoms with E-state index < -0.39 is 12.0 Å². The fraction of sp³-hybridized carbons (Fsp3) is 0.652. The van der Waals surface area contributed by atoms with Crippen molar-refractivity contribution in [2.24, 2.45) is 11.8 Å². The topological polar surface area (TPSA) is 78.9 Å². The minimum Gasteiger partial charge on any atom is -0.480 e. The van der Waals surface area contributed by atoms with Crippen LogP contribution in [0.3, 0.4) is 0 Å². The molecular weight excluding hydrogens is 368 g/mol. The first-order valence-corrected chi connectivity index (χ1v) is 10.7. The Morgan fingerprint density at radius 3 is 2.55 bits per heavy atom. The van der Waals surface area contributed by atoms with Crippen LogP contribution in [0.25, 0.3) is 0 Å². The number of nitrogens with one attached hydrogen (secondary N) is 1. The lowest BCUT2D eigenvalue weighted by molar-refractivity contribution is -0.143. The van der Waals surface area contributed by atoms with Gasteiger partial charge in [-0.2, -0.15) is 0 Å². The van der Waals surface area contributed by atoms with Crippen molar-refractivity contribution in [1.82, 2.24) is 10.2 Å². The predicted molar refractivity (Wildman–Crippen MR) is 113 cm³/mol. The Labute approximate surface area is 174 Å². The second kappa shape index (κ2) is 11.3. The molecule has 2 N–H and O–H groups in total. The zero-order valence-electron chi connectivity index (χ0n) is 18.1. The lowest BCUT2D eigenvalue weighted by Crippen LogP contribution is -2.45. The summed E-state index contributed by atoms with van der Waals surface area (Å²) in [4.78, 5) is 25.8. The summed E-state index contributed by atoms with van der Waals surface area (Å²) >= 11 is 0. The predicted octanol–water partition coefficient (Wildman–Crippen LogP) is 3.31. The van der Waals surface area contributed by atoms with Gasteiger partial charge in [-0.3, -0.25) is 14.5 Å². The van der Waals surface area contributed by atoms with Crippen LogP contribution in [-0.4, -0.2) is 53.7 Å². The molecule has 5 unspecified atom stereocenters. The highest BCUT2D eigenvalue weighted by Gasteiger charge is 2.45. The van der Waals surface area contributed by atoms with E-state index in [0.717, 1.165) is 24.8 Å². The Balaban J connectivity index is 2.28. The van der Waals surface area contributed by atoms with Gasteiger partial charge in [0.2, 0.25) is 5.91 Å². The van der Waals surface area contributed by atoms with E-state index in [2.05, 4.69) is 24.1 Å². The maximum Gasteiger partial charge on any atom is 0.320 e. The average Bonchev–Trinajstić information content (AvgIpc) is 2.99. The molecule has 1 heterocycles. The van der Waals surface area contributed by atoms with Gasteiger partial charge in [0.25, 0.3) is 0 Å². The number of carbonyl (C=O) groups is 2. The van der Waals surface area contributed by atoms with Crippen LogP contribution in [0, 0.1) is 11.8 Å². The summed E-state index contributed by atoms with van der Waals surface area (Å²) < 4.78 is 5.46. The molecule has 1 aromatic carbocycles. The van der Waals surface area contributed by atoms with Crippen molar-refractivity contribution in [3.8, 4) is 0 Å². The van der Waals surface area contributed by atoms with Crippen molar-refractivity contribution in [1.29, 1.82) is 0 Å². The fourth-order valence-electron chi connectivity index (χ4n) is 4.76. The maximum atomic E-state index is 12.0. The van der Waals surface area contributed by atoms with Crippen molar-refractivity contribution in [2.75, 3.05) is 13.7 Å². The Kier molecular flexibility index (Phi) is 9.11. The standard InChI is InChI=1S/C23H36N2O4/c1-5-9-19(16(2)24-17(3)26)12-21-20(15-29-4)13-22(23(27)28)25(21)14-18-10-7-6-8-11-18/h6-8,10-11,16,19-22H,5,9,12-15H2,1-4H3,(H,24,26)(H,27,28). The van der Waals surface area contributed by atoms with Gasteiger partial charge >= 0.3 is 5.97 Å². The summed E-state index contributed by atoms with van der Waals surface area (Å²) in [5, 5.41) is 12.9. The number of rotatable bonds is 11. The lowest BCUT2D eigenvalue weighted by atomic mass is 9.85. The average molecular weight is 405 g/mol. The molecular formula is C23H36N2O4. The zero-order valence-corrected chi connectivity index (χ0v) is 18.1. The third-order valence-corrected chi connectivity index (χ3v) is 6.11. The van der Waals surface area contributed by atoms with E-state index in [1.165, 1.54) is 0 Å². The minimum absolute atomic E-state index is 0.0250. The Morgan fingerprint density at radius 2 is 2.00 bits per heavy atom. The molecule has 1 amide bonds.